The van der Waals surface area contributed by atoms with Gasteiger partial charge in [0.1, 0.15) is 11.4 Å². The third-order valence-corrected chi connectivity index (χ3v) is 3.85. The van der Waals surface area contributed by atoms with Gasteiger partial charge in [-0.25, -0.2) is 9.78 Å². The van der Waals surface area contributed by atoms with Gasteiger partial charge in [-0.2, -0.15) is 0 Å². The molecule has 1 aromatic heterocycles. The first-order valence-electron chi connectivity index (χ1n) is 8.02. The van der Waals surface area contributed by atoms with Crippen LogP contribution in [0.15, 0.2) is 54.6 Å². The Morgan fingerprint density at radius 3 is 2.67 bits per heavy atom. The van der Waals surface area contributed by atoms with Crippen molar-refractivity contribution in [1.29, 1.82) is 0 Å². The number of nitro benzene ring substituents is 1. The molecule has 3 aromatic rings. The highest BCUT2D eigenvalue weighted by Gasteiger charge is 2.19. The molecule has 0 spiro atoms. The van der Waals surface area contributed by atoms with E-state index in [4.69, 9.17) is 4.74 Å². The van der Waals surface area contributed by atoms with Gasteiger partial charge in [-0.1, -0.05) is 36.4 Å². The summed E-state index contributed by atoms with van der Waals surface area (Å²) in [5, 5.41) is 14.4. The third-order valence-electron chi connectivity index (χ3n) is 3.85. The van der Waals surface area contributed by atoms with Crippen molar-refractivity contribution in [3.05, 3.63) is 76.0 Å². The molecule has 0 aliphatic carbocycles. The Labute approximate surface area is 153 Å². The highest BCUT2D eigenvalue weighted by atomic mass is 16.6. The van der Waals surface area contributed by atoms with Crippen LogP contribution in [0.2, 0.25) is 0 Å². The summed E-state index contributed by atoms with van der Waals surface area (Å²) in [6, 6.07) is 15.0. The van der Waals surface area contributed by atoms with E-state index in [0.29, 0.717) is 11.1 Å². The summed E-state index contributed by atoms with van der Waals surface area (Å²) < 4.78 is 4.97. The maximum Gasteiger partial charge on any atom is 0.357 e. The number of esters is 1. The van der Waals surface area contributed by atoms with Crippen molar-refractivity contribution >= 4 is 34.2 Å². The normalized spacial score (nSPS) is 10.4. The number of nitrogens with zero attached hydrogens (tertiary/aromatic N) is 2. The zero-order chi connectivity index (χ0) is 19.4. The van der Waals surface area contributed by atoms with Gasteiger partial charge >= 0.3 is 5.97 Å². The minimum atomic E-state index is -0.754. The summed E-state index contributed by atoms with van der Waals surface area (Å²) >= 11 is 0. The summed E-state index contributed by atoms with van der Waals surface area (Å²) in [6.45, 7) is 1.05. The molecule has 2 aromatic carbocycles. The fraction of sp³-hybridized carbons (Fsp3) is 0.105. The van der Waals surface area contributed by atoms with E-state index < -0.39 is 23.4 Å². The fourth-order valence-electron chi connectivity index (χ4n) is 2.53. The van der Waals surface area contributed by atoms with Gasteiger partial charge in [0.25, 0.3) is 11.6 Å². The first-order chi connectivity index (χ1) is 13.0. The number of nitro groups is 1. The molecule has 0 bridgehead atoms. The Kier molecular flexibility index (Phi) is 5.07. The standard InChI is InChI=1S/C19H15N3O5/c1-12-5-4-8-16(22(25)26)18(12)21-17(23)11-27-19(24)15-10-9-13-6-2-3-7-14(13)20-15/h2-10H,11H2,1H3,(H,21,23). The second kappa shape index (κ2) is 7.61. The van der Waals surface area contributed by atoms with Crippen LogP contribution in [0.25, 0.3) is 10.9 Å². The number of anilines is 1. The quantitative estimate of drug-likeness (QED) is 0.422. The van der Waals surface area contributed by atoms with Gasteiger partial charge in [-0.3, -0.25) is 14.9 Å². The van der Waals surface area contributed by atoms with Crippen molar-refractivity contribution in [1.82, 2.24) is 4.98 Å². The number of ether oxygens (including phenoxy) is 1. The van der Waals surface area contributed by atoms with Gasteiger partial charge in [-0.15, -0.1) is 0 Å². The van der Waals surface area contributed by atoms with Crippen molar-refractivity contribution in [2.75, 3.05) is 11.9 Å². The van der Waals surface area contributed by atoms with Crippen LogP contribution in [0, 0.1) is 17.0 Å². The van der Waals surface area contributed by atoms with Crippen molar-refractivity contribution in [2.45, 2.75) is 6.92 Å². The summed E-state index contributed by atoms with van der Waals surface area (Å²) in [4.78, 5) is 38.8. The zero-order valence-corrected chi connectivity index (χ0v) is 14.3. The van der Waals surface area contributed by atoms with Crippen LogP contribution in [0.4, 0.5) is 11.4 Å². The SMILES string of the molecule is Cc1cccc([N+](=O)[O-])c1NC(=O)COC(=O)c1ccc2ccccc2n1. The number of hydrogen-bond acceptors (Lipinski definition) is 6. The number of rotatable bonds is 5. The molecule has 0 atom stereocenters. The number of amides is 1. The van der Waals surface area contributed by atoms with Gasteiger partial charge in [-0.05, 0) is 24.6 Å². The molecule has 0 aliphatic rings. The molecular formula is C19H15N3O5. The number of pyridine rings is 1. The lowest BCUT2D eigenvalue weighted by molar-refractivity contribution is -0.384. The van der Waals surface area contributed by atoms with E-state index >= 15 is 0 Å². The molecule has 1 N–H and O–H groups in total. The predicted octanol–water partition coefficient (Wildman–Crippen LogP) is 3.25. The van der Waals surface area contributed by atoms with Crippen molar-refractivity contribution in [3.63, 3.8) is 0 Å². The molecule has 1 heterocycles. The molecule has 0 fully saturated rings. The second-order valence-corrected chi connectivity index (χ2v) is 5.74. The average Bonchev–Trinajstić information content (AvgIpc) is 2.67. The van der Waals surface area contributed by atoms with Crippen LogP contribution in [0.3, 0.4) is 0 Å². The number of aromatic nitrogens is 1. The van der Waals surface area contributed by atoms with Crippen molar-refractivity contribution < 1.29 is 19.2 Å². The number of benzene rings is 2. The topological polar surface area (TPSA) is 111 Å². The zero-order valence-electron chi connectivity index (χ0n) is 14.3. The number of aryl methyl sites for hydroxylation is 1. The first kappa shape index (κ1) is 18.0. The molecule has 1 amide bonds. The van der Waals surface area contributed by atoms with Crippen LogP contribution < -0.4 is 5.32 Å². The van der Waals surface area contributed by atoms with E-state index in [1.165, 1.54) is 18.2 Å². The van der Waals surface area contributed by atoms with E-state index in [1.807, 2.05) is 12.1 Å². The summed E-state index contributed by atoms with van der Waals surface area (Å²) in [6.07, 6.45) is 0. The lowest BCUT2D eigenvalue weighted by Crippen LogP contribution is -2.22. The molecule has 0 unspecified atom stereocenters. The highest BCUT2D eigenvalue weighted by molar-refractivity contribution is 5.97. The number of carbonyl (C=O) groups is 2. The largest absolute Gasteiger partial charge is 0.451 e. The lowest BCUT2D eigenvalue weighted by Gasteiger charge is -2.09. The van der Waals surface area contributed by atoms with Gasteiger partial charge in [0.05, 0.1) is 10.4 Å². The van der Waals surface area contributed by atoms with Crippen LogP contribution in [0.5, 0.6) is 0 Å². The first-order valence-corrected chi connectivity index (χ1v) is 8.02. The number of hydrogen-bond donors (Lipinski definition) is 1. The second-order valence-electron chi connectivity index (χ2n) is 5.74. The van der Waals surface area contributed by atoms with Crippen LogP contribution in [-0.2, 0) is 9.53 Å². The maximum absolute atomic E-state index is 12.1. The molecule has 8 nitrogen and oxygen atoms in total. The number of para-hydroxylation sites is 2. The monoisotopic (exact) mass is 365 g/mol. The molecule has 0 saturated carbocycles. The Morgan fingerprint density at radius 1 is 1.11 bits per heavy atom. The Hall–Kier alpha value is -3.81. The molecule has 0 aliphatic heterocycles. The minimum absolute atomic E-state index is 0.0726. The van der Waals surface area contributed by atoms with Crippen molar-refractivity contribution in [3.8, 4) is 0 Å². The number of nitrogens with one attached hydrogen (secondary N) is 1. The molecular weight excluding hydrogens is 350 g/mol. The third kappa shape index (κ3) is 4.06. The van der Waals surface area contributed by atoms with Crippen LogP contribution in [0.1, 0.15) is 16.1 Å². The van der Waals surface area contributed by atoms with Gasteiger partial charge in [0.2, 0.25) is 0 Å². The minimum Gasteiger partial charge on any atom is -0.451 e. The molecule has 0 radical (unpaired) electrons. The Balaban J connectivity index is 1.67. The van der Waals surface area contributed by atoms with E-state index in [-0.39, 0.29) is 17.1 Å². The van der Waals surface area contributed by atoms with Gasteiger partial charge < -0.3 is 10.1 Å². The predicted molar refractivity (Wildman–Crippen MR) is 98.5 cm³/mol. The average molecular weight is 365 g/mol. The lowest BCUT2D eigenvalue weighted by atomic mass is 10.1. The van der Waals surface area contributed by atoms with Gasteiger partial charge in [0.15, 0.2) is 6.61 Å². The van der Waals surface area contributed by atoms with Crippen LogP contribution in [-0.4, -0.2) is 28.4 Å². The van der Waals surface area contributed by atoms with E-state index in [0.717, 1.165) is 5.39 Å². The molecule has 8 heteroatoms. The molecule has 27 heavy (non-hydrogen) atoms. The smallest absolute Gasteiger partial charge is 0.357 e. The summed E-state index contributed by atoms with van der Waals surface area (Å²) in [5.41, 5.74) is 1.08. The number of carbonyl (C=O) groups excluding carboxylic acids is 2. The van der Waals surface area contributed by atoms with E-state index in [1.54, 1.807) is 31.2 Å². The van der Waals surface area contributed by atoms with E-state index in [2.05, 4.69) is 10.3 Å². The van der Waals surface area contributed by atoms with Crippen molar-refractivity contribution in [2.24, 2.45) is 0 Å². The van der Waals surface area contributed by atoms with Gasteiger partial charge in [0, 0.05) is 11.5 Å². The Morgan fingerprint density at radius 2 is 1.89 bits per heavy atom. The number of fused-ring (bicyclic) bond motifs is 1. The Bertz CT molecular complexity index is 1050. The highest BCUT2D eigenvalue weighted by Crippen LogP contribution is 2.27. The fourth-order valence-corrected chi connectivity index (χ4v) is 2.53. The van der Waals surface area contributed by atoms with E-state index in [9.17, 15) is 19.7 Å². The molecule has 0 saturated heterocycles. The maximum atomic E-state index is 12.1. The molecule has 3 rings (SSSR count). The summed E-state index contributed by atoms with van der Waals surface area (Å²) in [5.74, 6) is -1.43. The van der Waals surface area contributed by atoms with Crippen LogP contribution >= 0.6 is 0 Å². The molecule has 136 valence electrons. The summed E-state index contributed by atoms with van der Waals surface area (Å²) in [7, 11) is 0.